The zero-order valence-corrected chi connectivity index (χ0v) is 9.28. The highest BCUT2D eigenvalue weighted by Crippen LogP contribution is 2.11. The third kappa shape index (κ3) is 3.22. The predicted octanol–water partition coefficient (Wildman–Crippen LogP) is 2.18. The van der Waals surface area contributed by atoms with Gasteiger partial charge >= 0.3 is 5.97 Å². The normalized spacial score (nSPS) is 12.2. The molecule has 0 spiro atoms. The van der Waals surface area contributed by atoms with Crippen molar-refractivity contribution >= 4 is 34.2 Å². The summed E-state index contributed by atoms with van der Waals surface area (Å²) in [6.45, 7) is 1.61. The zero-order chi connectivity index (χ0) is 9.84. The Bertz CT molecular complexity index is 297. The Kier molecular flexibility index (Phi) is 3.53. The van der Waals surface area contributed by atoms with Gasteiger partial charge in [-0.15, -0.1) is 0 Å². The SMILES string of the molecule is CC(Nc1ccc(I)cc1)C(=O)O. The van der Waals surface area contributed by atoms with E-state index in [9.17, 15) is 4.79 Å². The summed E-state index contributed by atoms with van der Waals surface area (Å²) in [6, 6.07) is 7.03. The molecule has 1 atom stereocenters. The van der Waals surface area contributed by atoms with E-state index in [1.165, 1.54) is 0 Å². The van der Waals surface area contributed by atoms with Gasteiger partial charge in [-0.1, -0.05) is 0 Å². The van der Waals surface area contributed by atoms with Gasteiger partial charge in [-0.3, -0.25) is 4.79 Å². The molecule has 1 aromatic rings. The first-order valence-corrected chi connectivity index (χ1v) is 4.92. The van der Waals surface area contributed by atoms with Crippen LogP contribution in [0.2, 0.25) is 0 Å². The molecule has 1 unspecified atom stereocenters. The molecule has 1 aromatic carbocycles. The van der Waals surface area contributed by atoms with Crippen LogP contribution >= 0.6 is 22.6 Å². The van der Waals surface area contributed by atoms with Crippen molar-refractivity contribution in [3.63, 3.8) is 0 Å². The topological polar surface area (TPSA) is 49.3 Å². The Morgan fingerprint density at radius 2 is 2.00 bits per heavy atom. The minimum Gasteiger partial charge on any atom is -0.480 e. The number of carboxylic acids is 1. The third-order valence-electron chi connectivity index (χ3n) is 1.60. The van der Waals surface area contributed by atoms with Gasteiger partial charge < -0.3 is 10.4 Å². The largest absolute Gasteiger partial charge is 0.480 e. The number of rotatable bonds is 3. The van der Waals surface area contributed by atoms with Crippen molar-refractivity contribution in [2.24, 2.45) is 0 Å². The minimum atomic E-state index is -0.849. The van der Waals surface area contributed by atoms with Gasteiger partial charge in [-0.25, -0.2) is 0 Å². The van der Waals surface area contributed by atoms with E-state index >= 15 is 0 Å². The van der Waals surface area contributed by atoms with Gasteiger partial charge in [0.25, 0.3) is 0 Å². The van der Waals surface area contributed by atoms with E-state index in [0.29, 0.717) is 0 Å². The van der Waals surface area contributed by atoms with Crippen LogP contribution in [0.4, 0.5) is 5.69 Å². The predicted molar refractivity (Wildman–Crippen MR) is 59.9 cm³/mol. The average Bonchev–Trinajstić information content (AvgIpc) is 2.08. The Balaban J connectivity index is 2.64. The molecule has 70 valence electrons. The van der Waals surface area contributed by atoms with Gasteiger partial charge in [0.1, 0.15) is 6.04 Å². The molecule has 0 aromatic heterocycles. The average molecular weight is 291 g/mol. The van der Waals surface area contributed by atoms with Crippen molar-refractivity contribution in [2.75, 3.05) is 5.32 Å². The maximum atomic E-state index is 10.5. The molecule has 0 bridgehead atoms. The lowest BCUT2D eigenvalue weighted by molar-refractivity contribution is -0.137. The van der Waals surface area contributed by atoms with Gasteiger partial charge in [0.15, 0.2) is 0 Å². The smallest absolute Gasteiger partial charge is 0.325 e. The summed E-state index contributed by atoms with van der Waals surface area (Å²) in [7, 11) is 0. The van der Waals surface area contributed by atoms with Gasteiger partial charge in [0.2, 0.25) is 0 Å². The Morgan fingerprint density at radius 1 is 1.46 bits per heavy atom. The lowest BCUT2D eigenvalue weighted by Gasteiger charge is -2.10. The maximum Gasteiger partial charge on any atom is 0.325 e. The standard InChI is InChI=1S/C9H10INO2/c1-6(9(12)13)11-8-4-2-7(10)3-5-8/h2-6,11H,1H3,(H,12,13). The molecule has 2 N–H and O–H groups in total. The first kappa shape index (κ1) is 10.3. The van der Waals surface area contributed by atoms with Crippen molar-refractivity contribution in [1.82, 2.24) is 0 Å². The second-order valence-corrected chi connectivity index (χ2v) is 3.96. The van der Waals surface area contributed by atoms with Crippen LogP contribution in [-0.2, 0) is 4.79 Å². The summed E-state index contributed by atoms with van der Waals surface area (Å²) in [5.74, 6) is -0.849. The van der Waals surface area contributed by atoms with E-state index in [1.54, 1.807) is 6.92 Å². The monoisotopic (exact) mass is 291 g/mol. The van der Waals surface area contributed by atoms with E-state index in [2.05, 4.69) is 27.9 Å². The highest BCUT2D eigenvalue weighted by Gasteiger charge is 2.09. The highest BCUT2D eigenvalue weighted by atomic mass is 127. The van der Waals surface area contributed by atoms with Crippen molar-refractivity contribution in [3.05, 3.63) is 27.8 Å². The van der Waals surface area contributed by atoms with Crippen LogP contribution in [0.3, 0.4) is 0 Å². The van der Waals surface area contributed by atoms with Crippen LogP contribution in [0.5, 0.6) is 0 Å². The van der Waals surface area contributed by atoms with Crippen LogP contribution < -0.4 is 5.32 Å². The summed E-state index contributed by atoms with van der Waals surface area (Å²) in [5, 5.41) is 11.5. The summed E-state index contributed by atoms with van der Waals surface area (Å²) in [6.07, 6.45) is 0. The molecule has 0 aliphatic heterocycles. The number of carboxylic acid groups (broad SMARTS) is 1. The molecular weight excluding hydrogens is 281 g/mol. The quantitative estimate of drug-likeness (QED) is 0.839. The number of carbonyl (C=O) groups is 1. The molecule has 0 amide bonds. The molecule has 4 heteroatoms. The molecule has 0 radical (unpaired) electrons. The first-order valence-electron chi connectivity index (χ1n) is 3.84. The molecule has 0 fully saturated rings. The van der Waals surface area contributed by atoms with Gasteiger partial charge in [-0.05, 0) is 53.8 Å². The van der Waals surface area contributed by atoms with Crippen molar-refractivity contribution in [3.8, 4) is 0 Å². The number of benzene rings is 1. The number of anilines is 1. The van der Waals surface area contributed by atoms with Crippen LogP contribution in [0, 0.1) is 3.57 Å². The molecule has 0 heterocycles. The Hall–Kier alpha value is -0.780. The summed E-state index contributed by atoms with van der Waals surface area (Å²) in [4.78, 5) is 10.5. The molecule has 0 saturated carbocycles. The lowest BCUT2D eigenvalue weighted by atomic mass is 10.3. The van der Waals surface area contributed by atoms with Crippen molar-refractivity contribution < 1.29 is 9.90 Å². The Labute approximate surface area is 90.3 Å². The van der Waals surface area contributed by atoms with Crippen LogP contribution in [0.15, 0.2) is 24.3 Å². The highest BCUT2D eigenvalue weighted by molar-refractivity contribution is 14.1. The number of nitrogens with one attached hydrogen (secondary N) is 1. The molecule has 0 aliphatic carbocycles. The van der Waals surface area contributed by atoms with Crippen molar-refractivity contribution in [2.45, 2.75) is 13.0 Å². The number of hydrogen-bond acceptors (Lipinski definition) is 2. The maximum absolute atomic E-state index is 10.5. The molecule has 1 rings (SSSR count). The summed E-state index contributed by atoms with van der Waals surface area (Å²) < 4.78 is 1.13. The first-order chi connectivity index (χ1) is 6.09. The summed E-state index contributed by atoms with van der Waals surface area (Å²) >= 11 is 2.20. The molecule has 13 heavy (non-hydrogen) atoms. The fourth-order valence-corrected chi connectivity index (χ4v) is 1.22. The third-order valence-corrected chi connectivity index (χ3v) is 2.32. The second-order valence-electron chi connectivity index (χ2n) is 2.71. The molecule has 0 saturated heterocycles. The van der Waals surface area contributed by atoms with E-state index < -0.39 is 12.0 Å². The minimum absolute atomic E-state index is 0.555. The second kappa shape index (κ2) is 4.45. The Morgan fingerprint density at radius 3 is 2.46 bits per heavy atom. The van der Waals surface area contributed by atoms with Crippen LogP contribution in [-0.4, -0.2) is 17.1 Å². The number of aliphatic carboxylic acids is 1. The van der Waals surface area contributed by atoms with Crippen LogP contribution in [0.25, 0.3) is 0 Å². The lowest BCUT2D eigenvalue weighted by Crippen LogP contribution is -2.25. The van der Waals surface area contributed by atoms with E-state index in [0.717, 1.165) is 9.26 Å². The van der Waals surface area contributed by atoms with Gasteiger partial charge in [0.05, 0.1) is 0 Å². The fourth-order valence-electron chi connectivity index (χ4n) is 0.858. The molecular formula is C9H10INO2. The van der Waals surface area contributed by atoms with Crippen molar-refractivity contribution in [1.29, 1.82) is 0 Å². The van der Waals surface area contributed by atoms with Gasteiger partial charge in [-0.2, -0.15) is 0 Å². The summed E-state index contributed by atoms with van der Waals surface area (Å²) in [5.41, 5.74) is 0.829. The van der Waals surface area contributed by atoms with E-state index in [4.69, 9.17) is 5.11 Å². The molecule has 3 nitrogen and oxygen atoms in total. The fraction of sp³-hybridized carbons (Fsp3) is 0.222. The van der Waals surface area contributed by atoms with Crippen LogP contribution in [0.1, 0.15) is 6.92 Å². The van der Waals surface area contributed by atoms with E-state index in [1.807, 2.05) is 24.3 Å². The number of halogens is 1. The van der Waals surface area contributed by atoms with Gasteiger partial charge in [0, 0.05) is 9.26 Å². The zero-order valence-electron chi connectivity index (χ0n) is 7.12. The molecule has 0 aliphatic rings. The van der Waals surface area contributed by atoms with E-state index in [-0.39, 0.29) is 0 Å². The number of hydrogen-bond donors (Lipinski definition) is 2.